The predicted octanol–water partition coefficient (Wildman–Crippen LogP) is 5.41. The number of aryl methyl sites for hydroxylation is 1. The third-order valence-electron chi connectivity index (χ3n) is 5.92. The van der Waals surface area contributed by atoms with Crippen LogP contribution < -0.4 is 9.64 Å². The molecule has 0 saturated carbocycles. The van der Waals surface area contributed by atoms with E-state index in [0.717, 1.165) is 51.0 Å². The highest BCUT2D eigenvalue weighted by atomic mass is 35.5. The number of carbonyl (C=O) groups is 1. The number of fused-ring (bicyclic) bond motifs is 1. The molecule has 1 fully saturated rings. The van der Waals surface area contributed by atoms with Crippen molar-refractivity contribution in [1.29, 1.82) is 0 Å². The number of hydrogen-bond donors (Lipinski definition) is 0. The van der Waals surface area contributed by atoms with E-state index in [1.54, 1.807) is 0 Å². The first-order valence-corrected chi connectivity index (χ1v) is 12.3. The predicted molar refractivity (Wildman–Crippen MR) is 134 cm³/mol. The number of aromatic nitrogens is 2. The maximum Gasteiger partial charge on any atom is 0.264 e. The fraction of sp³-hybridized carbons (Fsp3) is 0.280. The Kier molecular flexibility index (Phi) is 6.00. The summed E-state index contributed by atoms with van der Waals surface area (Å²) >= 11 is 7.88. The maximum atomic E-state index is 13.3. The van der Waals surface area contributed by atoms with Crippen LogP contribution >= 0.6 is 22.9 Å². The minimum absolute atomic E-state index is 0.0765. The molecule has 1 aliphatic rings. The lowest BCUT2D eigenvalue weighted by Gasteiger charge is -2.36. The molecule has 4 aromatic rings. The van der Waals surface area contributed by atoms with Gasteiger partial charge in [0.2, 0.25) is 0 Å². The summed E-state index contributed by atoms with van der Waals surface area (Å²) in [5.74, 6) is 0.957. The van der Waals surface area contributed by atoms with Gasteiger partial charge in [-0.15, -0.1) is 11.3 Å². The van der Waals surface area contributed by atoms with Crippen LogP contribution in [0.4, 0.5) is 5.69 Å². The van der Waals surface area contributed by atoms with Crippen molar-refractivity contribution < 1.29 is 9.53 Å². The Morgan fingerprint density at radius 3 is 2.52 bits per heavy atom. The first-order chi connectivity index (χ1) is 16.0. The van der Waals surface area contributed by atoms with E-state index in [1.165, 1.54) is 11.3 Å². The molecule has 3 heterocycles. The summed E-state index contributed by atoms with van der Waals surface area (Å²) in [6, 6.07) is 17.8. The third-order valence-corrected chi connectivity index (χ3v) is 7.33. The number of carbonyl (C=O) groups excluding carboxylic acids is 1. The highest BCUT2D eigenvalue weighted by Crippen LogP contribution is 2.33. The maximum absolute atomic E-state index is 13.3. The molecule has 2 aromatic heterocycles. The first-order valence-electron chi connectivity index (χ1n) is 11.1. The smallest absolute Gasteiger partial charge is 0.264 e. The van der Waals surface area contributed by atoms with Crippen LogP contribution in [0, 0.1) is 6.92 Å². The van der Waals surface area contributed by atoms with Gasteiger partial charge in [-0.05, 0) is 56.3 Å². The Labute approximate surface area is 201 Å². The number of halogens is 1. The first kappa shape index (κ1) is 21.8. The number of nitrogens with zero attached hydrogens (tertiary/aromatic N) is 4. The summed E-state index contributed by atoms with van der Waals surface area (Å²) in [6.07, 6.45) is 0. The average Bonchev–Trinajstić information content (AvgIpc) is 3.40. The molecule has 2 aromatic carbocycles. The minimum atomic E-state index is 0.0765. The summed E-state index contributed by atoms with van der Waals surface area (Å²) in [7, 11) is 0. The lowest BCUT2D eigenvalue weighted by molar-refractivity contribution is 0.0751. The summed E-state index contributed by atoms with van der Waals surface area (Å²) < 4.78 is 7.38. The number of piperazine rings is 1. The SMILES string of the molecule is CCOc1ccc(N2CCN(C(=O)c3cc4c(C)nn(-c5ccccc5Cl)c4s3)CC2)cc1. The van der Waals surface area contributed by atoms with Gasteiger partial charge in [-0.2, -0.15) is 5.10 Å². The van der Waals surface area contributed by atoms with Crippen molar-refractivity contribution in [3.05, 3.63) is 70.2 Å². The van der Waals surface area contributed by atoms with E-state index in [9.17, 15) is 4.79 Å². The van der Waals surface area contributed by atoms with E-state index < -0.39 is 0 Å². The van der Waals surface area contributed by atoms with Crippen LogP contribution in [0.1, 0.15) is 22.3 Å². The lowest BCUT2D eigenvalue weighted by atomic mass is 10.2. The average molecular weight is 481 g/mol. The second-order valence-electron chi connectivity index (χ2n) is 7.98. The number of thiophene rings is 1. The molecular weight excluding hydrogens is 456 g/mol. The molecule has 0 radical (unpaired) electrons. The Hall–Kier alpha value is -3.03. The number of rotatable bonds is 5. The van der Waals surface area contributed by atoms with E-state index in [4.69, 9.17) is 16.3 Å². The largest absolute Gasteiger partial charge is 0.494 e. The molecule has 1 aliphatic heterocycles. The summed E-state index contributed by atoms with van der Waals surface area (Å²) in [4.78, 5) is 19.2. The Morgan fingerprint density at radius 2 is 1.82 bits per heavy atom. The number of benzene rings is 2. The van der Waals surface area contributed by atoms with E-state index in [-0.39, 0.29) is 5.91 Å². The number of amides is 1. The van der Waals surface area contributed by atoms with Crippen molar-refractivity contribution in [3.8, 4) is 11.4 Å². The van der Waals surface area contributed by atoms with E-state index >= 15 is 0 Å². The highest BCUT2D eigenvalue weighted by Gasteiger charge is 2.25. The minimum Gasteiger partial charge on any atom is -0.494 e. The van der Waals surface area contributed by atoms with Crippen molar-refractivity contribution in [1.82, 2.24) is 14.7 Å². The van der Waals surface area contributed by atoms with Crippen LogP contribution in [0.3, 0.4) is 0 Å². The van der Waals surface area contributed by atoms with Crippen LogP contribution in [0.2, 0.25) is 5.02 Å². The van der Waals surface area contributed by atoms with Gasteiger partial charge in [0.1, 0.15) is 10.6 Å². The molecule has 5 rings (SSSR count). The monoisotopic (exact) mass is 480 g/mol. The molecule has 8 heteroatoms. The fourth-order valence-corrected chi connectivity index (χ4v) is 5.54. The second-order valence-corrected chi connectivity index (χ2v) is 9.42. The third kappa shape index (κ3) is 4.18. The van der Waals surface area contributed by atoms with Crippen LogP contribution in [-0.2, 0) is 0 Å². The molecule has 0 spiro atoms. The van der Waals surface area contributed by atoms with Crippen LogP contribution in [0.25, 0.3) is 15.9 Å². The van der Waals surface area contributed by atoms with Gasteiger partial charge < -0.3 is 14.5 Å². The number of anilines is 1. The summed E-state index contributed by atoms with van der Waals surface area (Å²) in [5, 5.41) is 6.29. The molecule has 170 valence electrons. The van der Waals surface area contributed by atoms with Crippen molar-refractivity contribution >= 4 is 44.7 Å². The number of hydrogen-bond acceptors (Lipinski definition) is 5. The molecule has 0 bridgehead atoms. The van der Waals surface area contributed by atoms with Crippen LogP contribution in [0.5, 0.6) is 5.75 Å². The van der Waals surface area contributed by atoms with Crippen LogP contribution in [-0.4, -0.2) is 53.4 Å². The standard InChI is InChI=1S/C25H25ClN4O2S/c1-3-32-19-10-8-18(9-11-19)28-12-14-29(15-13-28)24(31)23-16-20-17(2)27-30(25(20)33-23)22-7-5-4-6-21(22)26/h4-11,16H,3,12-15H2,1-2H3. The highest BCUT2D eigenvalue weighted by molar-refractivity contribution is 7.20. The summed E-state index contributed by atoms with van der Waals surface area (Å²) in [5.41, 5.74) is 2.87. The van der Waals surface area contributed by atoms with Crippen LogP contribution in [0.15, 0.2) is 54.6 Å². The number of ether oxygens (including phenoxy) is 1. The topological polar surface area (TPSA) is 50.6 Å². The lowest BCUT2D eigenvalue weighted by Crippen LogP contribution is -2.48. The van der Waals surface area contributed by atoms with Gasteiger partial charge in [-0.3, -0.25) is 4.79 Å². The van der Waals surface area contributed by atoms with Crippen molar-refractivity contribution in [2.24, 2.45) is 0 Å². The Morgan fingerprint density at radius 1 is 1.09 bits per heavy atom. The Bertz CT molecular complexity index is 1290. The molecule has 33 heavy (non-hydrogen) atoms. The normalized spacial score (nSPS) is 14.2. The van der Waals surface area contributed by atoms with Gasteiger partial charge >= 0.3 is 0 Å². The molecule has 0 unspecified atom stereocenters. The zero-order chi connectivity index (χ0) is 22.9. The van der Waals surface area contributed by atoms with Gasteiger partial charge in [0.15, 0.2) is 0 Å². The second kappa shape index (κ2) is 9.08. The zero-order valence-corrected chi connectivity index (χ0v) is 20.2. The molecule has 0 atom stereocenters. The molecular formula is C25H25ClN4O2S. The van der Waals surface area contributed by atoms with Gasteiger partial charge in [0.05, 0.1) is 27.9 Å². The Balaban J connectivity index is 1.32. The summed E-state index contributed by atoms with van der Waals surface area (Å²) in [6.45, 7) is 7.59. The molecule has 1 amide bonds. The van der Waals surface area contributed by atoms with E-state index in [0.29, 0.717) is 24.7 Å². The fourth-order valence-electron chi connectivity index (χ4n) is 4.18. The van der Waals surface area contributed by atoms with Gasteiger partial charge in [0, 0.05) is 37.3 Å². The number of para-hydroxylation sites is 1. The molecule has 1 saturated heterocycles. The van der Waals surface area contributed by atoms with Gasteiger partial charge in [-0.25, -0.2) is 4.68 Å². The van der Waals surface area contributed by atoms with E-state index in [2.05, 4.69) is 22.1 Å². The molecule has 0 N–H and O–H groups in total. The van der Waals surface area contributed by atoms with E-state index in [1.807, 2.05) is 65.9 Å². The van der Waals surface area contributed by atoms with Crippen molar-refractivity contribution in [2.75, 3.05) is 37.7 Å². The van der Waals surface area contributed by atoms with Gasteiger partial charge in [0.25, 0.3) is 5.91 Å². The molecule has 6 nitrogen and oxygen atoms in total. The molecule has 0 aliphatic carbocycles. The van der Waals surface area contributed by atoms with Crippen molar-refractivity contribution in [3.63, 3.8) is 0 Å². The zero-order valence-electron chi connectivity index (χ0n) is 18.6. The quantitative estimate of drug-likeness (QED) is 0.383. The van der Waals surface area contributed by atoms with Crippen molar-refractivity contribution in [2.45, 2.75) is 13.8 Å². The van der Waals surface area contributed by atoms with Gasteiger partial charge in [-0.1, -0.05) is 23.7 Å².